The Morgan fingerprint density at radius 1 is 1.50 bits per heavy atom. The molecule has 1 atom stereocenters. The van der Waals surface area contributed by atoms with E-state index in [1.54, 1.807) is 0 Å². The second-order valence-corrected chi connectivity index (χ2v) is 5.59. The van der Waals surface area contributed by atoms with Crippen LogP contribution >= 0.6 is 11.3 Å². The zero-order valence-electron chi connectivity index (χ0n) is 10.8. The molecule has 0 aliphatic rings. The van der Waals surface area contributed by atoms with Crippen molar-refractivity contribution < 1.29 is 14.7 Å². The van der Waals surface area contributed by atoms with E-state index in [1.807, 2.05) is 26.2 Å². The lowest BCUT2D eigenvalue weighted by molar-refractivity contribution is -0.142. The van der Waals surface area contributed by atoms with Gasteiger partial charge >= 0.3 is 5.97 Å². The lowest BCUT2D eigenvalue weighted by atomic mass is 10.0. The van der Waals surface area contributed by atoms with E-state index in [2.05, 4.69) is 10.3 Å². The van der Waals surface area contributed by atoms with E-state index in [9.17, 15) is 9.59 Å². The van der Waals surface area contributed by atoms with Gasteiger partial charge in [-0.2, -0.15) is 0 Å². The third kappa shape index (κ3) is 4.83. The maximum absolute atomic E-state index is 11.7. The minimum absolute atomic E-state index is 0.139. The first-order chi connectivity index (χ1) is 8.38. The number of aromatic nitrogens is 1. The predicted octanol–water partition coefficient (Wildman–Crippen LogP) is 1.61. The normalized spacial score (nSPS) is 12.4. The summed E-state index contributed by atoms with van der Waals surface area (Å²) in [5.74, 6) is -1.07. The number of nitrogens with one attached hydrogen (secondary N) is 1. The van der Waals surface area contributed by atoms with Gasteiger partial charge in [0.25, 0.3) is 0 Å². The van der Waals surface area contributed by atoms with Crippen LogP contribution in [0.2, 0.25) is 0 Å². The highest BCUT2D eigenvalue weighted by atomic mass is 32.1. The van der Waals surface area contributed by atoms with Crippen LogP contribution in [0.25, 0.3) is 0 Å². The predicted molar refractivity (Wildman–Crippen MR) is 69.6 cm³/mol. The minimum atomic E-state index is -0.993. The van der Waals surface area contributed by atoms with E-state index >= 15 is 0 Å². The number of carboxylic acid groups (broad SMARTS) is 1. The fourth-order valence-corrected chi connectivity index (χ4v) is 2.33. The van der Waals surface area contributed by atoms with Crippen molar-refractivity contribution in [2.24, 2.45) is 5.92 Å². The largest absolute Gasteiger partial charge is 0.480 e. The van der Waals surface area contributed by atoms with Gasteiger partial charge in [-0.3, -0.25) is 4.79 Å². The second-order valence-electron chi connectivity index (χ2n) is 4.65. The molecule has 1 aromatic rings. The number of rotatable bonds is 6. The van der Waals surface area contributed by atoms with Gasteiger partial charge in [-0.15, -0.1) is 11.3 Å². The highest BCUT2D eigenvalue weighted by Crippen LogP contribution is 2.10. The first-order valence-electron chi connectivity index (χ1n) is 5.81. The smallest absolute Gasteiger partial charge is 0.326 e. The summed E-state index contributed by atoms with van der Waals surface area (Å²) < 4.78 is 0. The SMILES string of the molecule is Cc1csc(CC(=O)NC(CC(C)C)C(=O)O)n1. The van der Waals surface area contributed by atoms with Crippen LogP contribution in [0.1, 0.15) is 31.0 Å². The third-order valence-corrected chi connectivity index (χ3v) is 3.29. The first kappa shape index (κ1) is 14.6. The van der Waals surface area contributed by atoms with Crippen molar-refractivity contribution >= 4 is 23.2 Å². The maximum Gasteiger partial charge on any atom is 0.326 e. The average molecular weight is 270 g/mol. The van der Waals surface area contributed by atoms with Crippen LogP contribution in [-0.2, 0) is 16.0 Å². The highest BCUT2D eigenvalue weighted by Gasteiger charge is 2.21. The number of aliphatic carboxylic acids is 1. The zero-order chi connectivity index (χ0) is 13.7. The number of aryl methyl sites for hydroxylation is 1. The van der Waals surface area contributed by atoms with Crippen LogP contribution in [0.5, 0.6) is 0 Å². The number of hydrogen-bond acceptors (Lipinski definition) is 4. The monoisotopic (exact) mass is 270 g/mol. The van der Waals surface area contributed by atoms with E-state index in [0.29, 0.717) is 11.4 Å². The Kier molecular flexibility index (Phi) is 5.27. The molecule has 0 saturated carbocycles. The van der Waals surface area contributed by atoms with Crippen molar-refractivity contribution in [2.75, 3.05) is 0 Å². The molecule has 1 unspecified atom stereocenters. The molecule has 0 aromatic carbocycles. The number of amides is 1. The van der Waals surface area contributed by atoms with E-state index < -0.39 is 12.0 Å². The zero-order valence-corrected chi connectivity index (χ0v) is 11.6. The molecule has 1 amide bonds. The molecular weight excluding hydrogens is 252 g/mol. The lowest BCUT2D eigenvalue weighted by Gasteiger charge is -2.15. The number of carbonyl (C=O) groups excluding carboxylic acids is 1. The van der Waals surface area contributed by atoms with Gasteiger partial charge in [-0.1, -0.05) is 13.8 Å². The molecule has 1 aromatic heterocycles. The molecule has 1 rings (SSSR count). The number of nitrogens with zero attached hydrogens (tertiary/aromatic N) is 1. The molecule has 100 valence electrons. The minimum Gasteiger partial charge on any atom is -0.480 e. The second kappa shape index (κ2) is 6.49. The Hall–Kier alpha value is -1.43. The van der Waals surface area contributed by atoms with Crippen LogP contribution in [0.15, 0.2) is 5.38 Å². The number of carbonyl (C=O) groups is 2. The topological polar surface area (TPSA) is 79.3 Å². The Balaban J connectivity index is 2.53. The fourth-order valence-electron chi connectivity index (χ4n) is 1.56. The molecule has 18 heavy (non-hydrogen) atoms. The molecule has 0 fully saturated rings. The van der Waals surface area contributed by atoms with Gasteiger partial charge in [-0.05, 0) is 19.3 Å². The summed E-state index contributed by atoms with van der Waals surface area (Å²) >= 11 is 1.41. The van der Waals surface area contributed by atoms with Gasteiger partial charge in [0.2, 0.25) is 5.91 Å². The lowest BCUT2D eigenvalue weighted by Crippen LogP contribution is -2.42. The summed E-state index contributed by atoms with van der Waals surface area (Å²) in [5.41, 5.74) is 0.875. The van der Waals surface area contributed by atoms with Gasteiger partial charge < -0.3 is 10.4 Å². The van der Waals surface area contributed by atoms with Crippen molar-refractivity contribution in [3.63, 3.8) is 0 Å². The van der Waals surface area contributed by atoms with Crippen molar-refractivity contribution in [3.8, 4) is 0 Å². The summed E-state index contributed by atoms with van der Waals surface area (Å²) in [4.78, 5) is 26.9. The standard InChI is InChI=1S/C12H18N2O3S/c1-7(2)4-9(12(16)17)14-10(15)5-11-13-8(3)6-18-11/h6-7,9H,4-5H2,1-3H3,(H,14,15)(H,16,17). The van der Waals surface area contributed by atoms with Gasteiger partial charge in [0.05, 0.1) is 6.42 Å². The Morgan fingerprint density at radius 2 is 2.17 bits per heavy atom. The van der Waals surface area contributed by atoms with E-state index in [4.69, 9.17) is 5.11 Å². The quantitative estimate of drug-likeness (QED) is 0.823. The van der Waals surface area contributed by atoms with E-state index in [1.165, 1.54) is 11.3 Å². The summed E-state index contributed by atoms with van der Waals surface area (Å²) in [5, 5.41) is 14.1. The molecule has 0 spiro atoms. The summed E-state index contributed by atoms with van der Waals surface area (Å²) in [6, 6.07) is -0.821. The molecule has 5 nitrogen and oxygen atoms in total. The van der Waals surface area contributed by atoms with Gasteiger partial charge in [0.1, 0.15) is 11.0 Å². The molecule has 0 aliphatic heterocycles. The summed E-state index contributed by atoms with van der Waals surface area (Å²) in [7, 11) is 0. The Labute approximate surface area is 110 Å². The van der Waals surface area contributed by atoms with Gasteiger partial charge in [-0.25, -0.2) is 9.78 Å². The average Bonchev–Trinajstić information content (AvgIpc) is 2.62. The van der Waals surface area contributed by atoms with Crippen LogP contribution < -0.4 is 5.32 Å². The molecule has 6 heteroatoms. The Morgan fingerprint density at radius 3 is 2.61 bits per heavy atom. The molecule has 0 bridgehead atoms. The van der Waals surface area contributed by atoms with Crippen LogP contribution in [0.3, 0.4) is 0 Å². The first-order valence-corrected chi connectivity index (χ1v) is 6.69. The molecule has 0 radical (unpaired) electrons. The number of hydrogen-bond donors (Lipinski definition) is 2. The van der Waals surface area contributed by atoms with E-state index in [-0.39, 0.29) is 18.2 Å². The number of thiazole rings is 1. The summed E-state index contributed by atoms with van der Waals surface area (Å²) in [6.45, 7) is 5.70. The molecule has 2 N–H and O–H groups in total. The number of carboxylic acids is 1. The molecule has 0 saturated heterocycles. The van der Waals surface area contributed by atoms with Crippen LogP contribution in [0, 0.1) is 12.8 Å². The van der Waals surface area contributed by atoms with Crippen molar-refractivity contribution in [3.05, 3.63) is 16.1 Å². The molecule has 1 heterocycles. The fraction of sp³-hybridized carbons (Fsp3) is 0.583. The summed E-state index contributed by atoms with van der Waals surface area (Å²) in [6.07, 6.45) is 0.568. The van der Waals surface area contributed by atoms with Crippen molar-refractivity contribution in [1.29, 1.82) is 0 Å². The van der Waals surface area contributed by atoms with Crippen LogP contribution in [0.4, 0.5) is 0 Å². The third-order valence-electron chi connectivity index (χ3n) is 2.32. The Bertz CT molecular complexity index is 429. The maximum atomic E-state index is 11.7. The van der Waals surface area contributed by atoms with Gasteiger partial charge in [0.15, 0.2) is 0 Å². The van der Waals surface area contributed by atoms with Crippen LogP contribution in [-0.4, -0.2) is 28.0 Å². The van der Waals surface area contributed by atoms with Crippen molar-refractivity contribution in [2.45, 2.75) is 39.7 Å². The van der Waals surface area contributed by atoms with E-state index in [0.717, 1.165) is 5.69 Å². The van der Waals surface area contributed by atoms with Crippen molar-refractivity contribution in [1.82, 2.24) is 10.3 Å². The molecule has 0 aliphatic carbocycles. The van der Waals surface area contributed by atoms with Gasteiger partial charge in [0, 0.05) is 11.1 Å². The highest BCUT2D eigenvalue weighted by molar-refractivity contribution is 7.09. The molecular formula is C12H18N2O3S.